The van der Waals surface area contributed by atoms with Gasteiger partial charge in [-0.1, -0.05) is 96.6 Å². The molecule has 1 amide bonds. The molecule has 1 aromatic heterocycles. The number of amidine groups is 1. The number of carbonyl (C=O) groups excluding carboxylic acids is 1. The number of hydrogen-bond donors (Lipinski definition) is 0. The summed E-state index contributed by atoms with van der Waals surface area (Å²) >= 11 is 1.45. The highest BCUT2D eigenvalue weighted by molar-refractivity contribution is 8.18. The first-order valence-electron chi connectivity index (χ1n) is 13.5. The van der Waals surface area contributed by atoms with Crippen molar-refractivity contribution >= 4 is 45.5 Å². The van der Waals surface area contributed by atoms with E-state index in [1.165, 1.54) is 22.9 Å². The molecule has 1 saturated heterocycles. The summed E-state index contributed by atoms with van der Waals surface area (Å²) in [5, 5.41) is 1.84. The monoisotopic (exact) mass is 541 g/mol. The Morgan fingerprint density at radius 3 is 2.30 bits per heavy atom. The van der Waals surface area contributed by atoms with Crippen molar-refractivity contribution in [2.24, 2.45) is 4.99 Å². The average Bonchev–Trinajstić information content (AvgIpc) is 3.42. The number of carbonyl (C=O) groups is 1. The number of para-hydroxylation sites is 2. The average molecular weight is 542 g/mol. The summed E-state index contributed by atoms with van der Waals surface area (Å²) in [6, 6.07) is 36.9. The highest BCUT2D eigenvalue weighted by Crippen LogP contribution is 2.40. The van der Waals surface area contributed by atoms with Crippen molar-refractivity contribution in [1.82, 2.24) is 9.47 Å². The number of aryl methyl sites for hydroxylation is 1. The standard InChI is InChI=1S/C35H31N3OS/c1-24-13-12-14-27(21-24)23-37-26(3)31(30-19-10-11-20-32(30)37)22-33-34(39)38(25(2)28-15-6-4-7-16-28)35(40-33)36-29-17-8-5-9-18-29/h4-22,25H,23H2,1-3H3/b33-22+,36-35?/t25-/m1/s1. The molecular weight excluding hydrogens is 510 g/mol. The summed E-state index contributed by atoms with van der Waals surface area (Å²) in [7, 11) is 0. The maximum Gasteiger partial charge on any atom is 0.267 e. The van der Waals surface area contributed by atoms with Crippen molar-refractivity contribution in [1.29, 1.82) is 0 Å². The largest absolute Gasteiger partial charge is 0.340 e. The van der Waals surface area contributed by atoms with Crippen molar-refractivity contribution in [2.75, 3.05) is 0 Å². The molecule has 198 valence electrons. The van der Waals surface area contributed by atoms with E-state index in [4.69, 9.17) is 4.99 Å². The Morgan fingerprint density at radius 2 is 1.55 bits per heavy atom. The minimum atomic E-state index is -0.154. The molecule has 4 aromatic carbocycles. The van der Waals surface area contributed by atoms with Gasteiger partial charge in [0.05, 0.1) is 16.6 Å². The van der Waals surface area contributed by atoms with E-state index in [0.29, 0.717) is 10.1 Å². The zero-order chi connectivity index (χ0) is 27.6. The first kappa shape index (κ1) is 25.9. The lowest BCUT2D eigenvalue weighted by Crippen LogP contribution is -2.32. The van der Waals surface area contributed by atoms with E-state index in [0.717, 1.165) is 40.0 Å². The molecule has 1 atom stereocenters. The fraction of sp³-hybridized carbons (Fsp3) is 0.143. The number of nitrogens with zero attached hydrogens (tertiary/aromatic N) is 3. The Morgan fingerprint density at radius 1 is 0.850 bits per heavy atom. The summed E-state index contributed by atoms with van der Waals surface area (Å²) in [5.41, 5.74) is 7.79. The van der Waals surface area contributed by atoms with E-state index in [2.05, 4.69) is 92.1 Å². The lowest BCUT2D eigenvalue weighted by Gasteiger charge is -2.24. The van der Waals surface area contributed by atoms with Crippen LogP contribution >= 0.6 is 11.8 Å². The van der Waals surface area contributed by atoms with Crippen LogP contribution < -0.4 is 0 Å². The number of fused-ring (bicyclic) bond motifs is 1. The quantitative estimate of drug-likeness (QED) is 0.202. The number of thioether (sulfide) groups is 1. The number of hydrogen-bond acceptors (Lipinski definition) is 3. The summed E-state index contributed by atoms with van der Waals surface area (Å²) in [4.78, 5) is 21.5. The van der Waals surface area contributed by atoms with Crippen molar-refractivity contribution in [2.45, 2.75) is 33.4 Å². The van der Waals surface area contributed by atoms with Gasteiger partial charge in [-0.25, -0.2) is 4.99 Å². The highest BCUT2D eigenvalue weighted by Gasteiger charge is 2.37. The summed E-state index contributed by atoms with van der Waals surface area (Å²) in [6.45, 7) is 7.11. The van der Waals surface area contributed by atoms with Crippen molar-refractivity contribution in [3.05, 3.63) is 142 Å². The number of aliphatic imine (C=N–C) groups is 1. The first-order valence-corrected chi connectivity index (χ1v) is 14.4. The van der Waals surface area contributed by atoms with Gasteiger partial charge in [-0.15, -0.1) is 0 Å². The van der Waals surface area contributed by atoms with Crippen LogP contribution in [0.3, 0.4) is 0 Å². The Labute approximate surface area is 239 Å². The molecule has 2 heterocycles. The van der Waals surface area contributed by atoms with Crippen LogP contribution in [0.1, 0.15) is 40.9 Å². The molecule has 1 fully saturated rings. The lowest BCUT2D eigenvalue weighted by atomic mass is 10.1. The highest BCUT2D eigenvalue weighted by atomic mass is 32.2. The number of amides is 1. The van der Waals surface area contributed by atoms with Crippen LogP contribution in [0, 0.1) is 13.8 Å². The van der Waals surface area contributed by atoms with Gasteiger partial charge in [0.15, 0.2) is 5.17 Å². The summed E-state index contributed by atoms with van der Waals surface area (Å²) in [6.07, 6.45) is 2.07. The topological polar surface area (TPSA) is 37.6 Å². The van der Waals surface area contributed by atoms with Crippen LogP contribution in [-0.2, 0) is 11.3 Å². The van der Waals surface area contributed by atoms with Gasteiger partial charge in [-0.2, -0.15) is 0 Å². The van der Waals surface area contributed by atoms with Gasteiger partial charge in [0.1, 0.15) is 0 Å². The van der Waals surface area contributed by atoms with E-state index in [1.54, 1.807) is 0 Å². The molecule has 1 aliphatic rings. The molecule has 40 heavy (non-hydrogen) atoms. The fourth-order valence-corrected chi connectivity index (χ4v) is 6.42. The third-order valence-corrected chi connectivity index (χ3v) is 8.45. The fourth-order valence-electron chi connectivity index (χ4n) is 5.37. The molecule has 6 rings (SSSR count). The van der Waals surface area contributed by atoms with E-state index in [1.807, 2.05) is 53.4 Å². The molecule has 4 nitrogen and oxygen atoms in total. The van der Waals surface area contributed by atoms with Gasteiger partial charge < -0.3 is 4.57 Å². The molecular formula is C35H31N3OS. The zero-order valence-electron chi connectivity index (χ0n) is 22.9. The predicted molar refractivity (Wildman–Crippen MR) is 168 cm³/mol. The van der Waals surface area contributed by atoms with Crippen LogP contribution in [0.15, 0.2) is 119 Å². The van der Waals surface area contributed by atoms with Gasteiger partial charge in [0.25, 0.3) is 5.91 Å². The molecule has 5 heteroatoms. The van der Waals surface area contributed by atoms with Gasteiger partial charge in [-0.05, 0) is 67.9 Å². The molecule has 0 spiro atoms. The van der Waals surface area contributed by atoms with E-state index in [9.17, 15) is 4.79 Å². The second-order valence-electron chi connectivity index (χ2n) is 10.2. The third kappa shape index (κ3) is 5.01. The van der Waals surface area contributed by atoms with Crippen LogP contribution in [-0.4, -0.2) is 20.5 Å². The number of aromatic nitrogens is 1. The van der Waals surface area contributed by atoms with E-state index < -0.39 is 0 Å². The predicted octanol–water partition coefficient (Wildman–Crippen LogP) is 8.67. The van der Waals surface area contributed by atoms with Gasteiger partial charge in [0.2, 0.25) is 0 Å². The second-order valence-corrected chi connectivity index (χ2v) is 11.2. The first-order chi connectivity index (χ1) is 19.5. The van der Waals surface area contributed by atoms with Gasteiger partial charge in [-0.3, -0.25) is 9.69 Å². The number of rotatable bonds is 6. The van der Waals surface area contributed by atoms with Crippen molar-refractivity contribution in [3.63, 3.8) is 0 Å². The Bertz CT molecular complexity index is 1750. The van der Waals surface area contributed by atoms with Crippen LogP contribution in [0.25, 0.3) is 17.0 Å². The maximum atomic E-state index is 14.1. The summed E-state index contributed by atoms with van der Waals surface area (Å²) in [5.74, 6) is -0.0223. The zero-order valence-corrected chi connectivity index (χ0v) is 23.7. The van der Waals surface area contributed by atoms with Crippen LogP contribution in [0.2, 0.25) is 0 Å². The SMILES string of the molecule is Cc1cccc(Cn2c(C)c(/C=C3/SC(=Nc4ccccc4)N([C@H](C)c4ccccc4)C3=O)c3ccccc32)c1. The summed E-state index contributed by atoms with van der Waals surface area (Å²) < 4.78 is 2.35. The molecule has 0 saturated carbocycles. The Kier molecular flexibility index (Phi) is 7.14. The Hall–Kier alpha value is -4.35. The molecule has 5 aromatic rings. The van der Waals surface area contributed by atoms with E-state index in [-0.39, 0.29) is 11.9 Å². The van der Waals surface area contributed by atoms with Gasteiger partial charge in [0, 0.05) is 28.7 Å². The maximum absolute atomic E-state index is 14.1. The Balaban J connectivity index is 1.44. The smallest absolute Gasteiger partial charge is 0.267 e. The molecule has 0 N–H and O–H groups in total. The van der Waals surface area contributed by atoms with Crippen molar-refractivity contribution < 1.29 is 4.79 Å². The van der Waals surface area contributed by atoms with Crippen molar-refractivity contribution in [3.8, 4) is 0 Å². The molecule has 0 radical (unpaired) electrons. The van der Waals surface area contributed by atoms with Gasteiger partial charge >= 0.3 is 0 Å². The minimum Gasteiger partial charge on any atom is -0.340 e. The lowest BCUT2D eigenvalue weighted by molar-refractivity contribution is -0.123. The molecule has 1 aliphatic heterocycles. The number of benzene rings is 4. The molecule has 0 aliphatic carbocycles. The normalized spacial score (nSPS) is 16.4. The van der Waals surface area contributed by atoms with Crippen LogP contribution in [0.4, 0.5) is 5.69 Å². The van der Waals surface area contributed by atoms with Crippen LogP contribution in [0.5, 0.6) is 0 Å². The van der Waals surface area contributed by atoms with E-state index >= 15 is 0 Å². The minimum absolute atomic E-state index is 0.0223. The third-order valence-electron chi connectivity index (χ3n) is 7.47. The second kappa shape index (κ2) is 11.0. The molecule has 0 unspecified atom stereocenters. The molecule has 0 bridgehead atoms.